The summed E-state index contributed by atoms with van der Waals surface area (Å²) in [7, 11) is -0.171. The first kappa shape index (κ1) is 21.2. The predicted octanol–water partition coefficient (Wildman–Crippen LogP) is 1.67. The van der Waals surface area contributed by atoms with E-state index in [1.54, 1.807) is 10.8 Å². The number of aromatic nitrogens is 4. The second-order valence-electron chi connectivity index (χ2n) is 6.88. The van der Waals surface area contributed by atoms with Gasteiger partial charge in [0, 0.05) is 20.2 Å². The molecule has 2 aromatic heterocycles. The lowest BCUT2D eigenvalue weighted by molar-refractivity contribution is 0.217. The molecule has 0 amide bonds. The highest BCUT2D eigenvalue weighted by atomic mass is 32.2. The van der Waals surface area contributed by atoms with Gasteiger partial charge in [-0.1, -0.05) is 40.6 Å². The molecule has 0 saturated carbocycles. The molecule has 2 heterocycles. The minimum Gasteiger partial charge on any atom is -0.384 e. The zero-order chi connectivity index (χ0) is 20.9. The number of imidazole rings is 1. The lowest BCUT2D eigenvalue weighted by Gasteiger charge is -2.18. The van der Waals surface area contributed by atoms with Crippen LogP contribution in [0.5, 0.6) is 0 Å². The van der Waals surface area contributed by atoms with Crippen LogP contribution in [-0.2, 0) is 34.2 Å². The Kier molecular flexibility index (Phi) is 6.78. The number of nitrogens with zero attached hydrogens (tertiary/aromatic N) is 5. The molecule has 3 aromatic rings. The van der Waals surface area contributed by atoms with Gasteiger partial charge in [0.1, 0.15) is 11.4 Å². The van der Waals surface area contributed by atoms with E-state index in [2.05, 4.69) is 15.3 Å². The molecule has 3 rings (SSSR count). The first-order valence-corrected chi connectivity index (χ1v) is 10.8. The van der Waals surface area contributed by atoms with Gasteiger partial charge in [-0.3, -0.25) is 4.90 Å². The highest BCUT2D eigenvalue weighted by Gasteiger charge is 2.24. The number of rotatable bonds is 10. The second kappa shape index (κ2) is 9.29. The van der Waals surface area contributed by atoms with Gasteiger partial charge in [0.05, 0.1) is 30.8 Å². The van der Waals surface area contributed by atoms with E-state index in [9.17, 15) is 8.42 Å². The number of aryl methyl sites for hydroxylation is 1. The van der Waals surface area contributed by atoms with Gasteiger partial charge in [0.15, 0.2) is 0 Å². The number of methoxy groups -OCH3 is 1. The first-order valence-electron chi connectivity index (χ1n) is 9.17. The monoisotopic (exact) mass is 419 g/mol. The standard InChI is InChI=1S/C19H25N5O4S/c1-15-18(22-28-21-15)14-23(2)13-17-11-20-19(29(25,26)10-9-27-3)24(17)12-16-7-5-4-6-8-16/h4-8,11H,9-10,12-14H2,1-3H3. The van der Waals surface area contributed by atoms with Crippen LogP contribution < -0.4 is 0 Å². The summed E-state index contributed by atoms with van der Waals surface area (Å²) < 4.78 is 37.0. The average Bonchev–Trinajstić information content (AvgIpc) is 3.28. The van der Waals surface area contributed by atoms with Crippen LogP contribution in [0.2, 0.25) is 0 Å². The molecule has 156 valence electrons. The average molecular weight is 420 g/mol. The van der Waals surface area contributed by atoms with Gasteiger partial charge in [-0.2, -0.15) is 0 Å². The van der Waals surface area contributed by atoms with Crippen molar-refractivity contribution in [2.24, 2.45) is 0 Å². The summed E-state index contributed by atoms with van der Waals surface area (Å²) in [6.07, 6.45) is 1.62. The normalized spacial score (nSPS) is 12.0. The summed E-state index contributed by atoms with van der Waals surface area (Å²) in [6, 6.07) is 9.71. The number of benzene rings is 1. The van der Waals surface area contributed by atoms with Crippen molar-refractivity contribution in [1.29, 1.82) is 0 Å². The van der Waals surface area contributed by atoms with E-state index in [-0.39, 0.29) is 17.5 Å². The van der Waals surface area contributed by atoms with E-state index < -0.39 is 9.84 Å². The Morgan fingerprint density at radius 3 is 2.59 bits per heavy atom. The van der Waals surface area contributed by atoms with Crippen LogP contribution in [0.3, 0.4) is 0 Å². The van der Waals surface area contributed by atoms with Crippen LogP contribution in [0.15, 0.2) is 46.3 Å². The summed E-state index contributed by atoms with van der Waals surface area (Å²) in [4.78, 5) is 6.26. The fourth-order valence-corrected chi connectivity index (χ4v) is 4.27. The van der Waals surface area contributed by atoms with Crippen LogP contribution in [0, 0.1) is 6.92 Å². The van der Waals surface area contributed by atoms with Gasteiger partial charge in [-0.15, -0.1) is 0 Å². The van der Waals surface area contributed by atoms with Crippen molar-refractivity contribution in [3.05, 3.63) is 59.2 Å². The van der Waals surface area contributed by atoms with E-state index in [4.69, 9.17) is 9.37 Å². The SMILES string of the molecule is COCCS(=O)(=O)c1ncc(CN(C)Cc2nonc2C)n1Cc1ccccc1. The molecular formula is C19H25N5O4S. The Hall–Kier alpha value is -2.56. The lowest BCUT2D eigenvalue weighted by atomic mass is 10.2. The highest BCUT2D eigenvalue weighted by molar-refractivity contribution is 7.91. The van der Waals surface area contributed by atoms with E-state index in [1.165, 1.54) is 7.11 Å². The third-order valence-electron chi connectivity index (χ3n) is 4.52. The Morgan fingerprint density at radius 2 is 1.93 bits per heavy atom. The topological polar surface area (TPSA) is 103 Å². The zero-order valence-electron chi connectivity index (χ0n) is 16.8. The van der Waals surface area contributed by atoms with Gasteiger partial charge in [0.2, 0.25) is 15.0 Å². The zero-order valence-corrected chi connectivity index (χ0v) is 17.6. The quantitative estimate of drug-likeness (QED) is 0.489. The molecule has 0 spiro atoms. The molecular weight excluding hydrogens is 394 g/mol. The smallest absolute Gasteiger partial charge is 0.228 e. The van der Waals surface area contributed by atoms with Crippen LogP contribution in [-0.4, -0.2) is 59.7 Å². The third-order valence-corrected chi connectivity index (χ3v) is 6.10. The molecule has 10 heteroatoms. The fourth-order valence-electron chi connectivity index (χ4n) is 2.97. The molecule has 9 nitrogen and oxygen atoms in total. The highest BCUT2D eigenvalue weighted by Crippen LogP contribution is 2.18. The van der Waals surface area contributed by atoms with Gasteiger partial charge in [-0.05, 0) is 19.5 Å². The van der Waals surface area contributed by atoms with Crippen molar-refractivity contribution in [2.75, 3.05) is 26.5 Å². The summed E-state index contributed by atoms with van der Waals surface area (Å²) in [5.41, 5.74) is 3.27. The molecule has 0 atom stereocenters. The van der Waals surface area contributed by atoms with Crippen molar-refractivity contribution >= 4 is 9.84 Å². The molecule has 0 saturated heterocycles. The van der Waals surface area contributed by atoms with Crippen LogP contribution in [0.1, 0.15) is 22.6 Å². The number of sulfone groups is 1. The maximum absolute atomic E-state index is 12.8. The number of ether oxygens (including phenoxy) is 1. The van der Waals surface area contributed by atoms with Gasteiger partial charge in [-0.25, -0.2) is 18.0 Å². The molecule has 0 bridgehead atoms. The van der Waals surface area contributed by atoms with Gasteiger partial charge < -0.3 is 9.30 Å². The van der Waals surface area contributed by atoms with Crippen LogP contribution in [0.25, 0.3) is 0 Å². The first-order chi connectivity index (χ1) is 13.9. The Morgan fingerprint density at radius 1 is 1.17 bits per heavy atom. The minimum absolute atomic E-state index is 0.0566. The Balaban J connectivity index is 1.88. The maximum Gasteiger partial charge on any atom is 0.228 e. The predicted molar refractivity (Wildman–Crippen MR) is 106 cm³/mol. The summed E-state index contributed by atoms with van der Waals surface area (Å²) in [6.45, 7) is 3.38. The lowest BCUT2D eigenvalue weighted by Crippen LogP contribution is -2.23. The van der Waals surface area contributed by atoms with Crippen molar-refractivity contribution in [3.8, 4) is 0 Å². The van der Waals surface area contributed by atoms with Crippen LogP contribution >= 0.6 is 0 Å². The second-order valence-corrected chi connectivity index (χ2v) is 8.89. The number of hydrogen-bond acceptors (Lipinski definition) is 8. The van der Waals surface area contributed by atoms with Crippen molar-refractivity contribution in [1.82, 2.24) is 24.8 Å². The maximum atomic E-state index is 12.8. The fraction of sp³-hybridized carbons (Fsp3) is 0.421. The van der Waals surface area contributed by atoms with E-state index >= 15 is 0 Å². The minimum atomic E-state index is -3.57. The molecule has 29 heavy (non-hydrogen) atoms. The third kappa shape index (κ3) is 5.28. The van der Waals surface area contributed by atoms with Crippen molar-refractivity contribution < 1.29 is 17.8 Å². The molecule has 0 aliphatic heterocycles. The van der Waals surface area contributed by atoms with Crippen LogP contribution in [0.4, 0.5) is 0 Å². The molecule has 0 fully saturated rings. The summed E-state index contributed by atoms with van der Waals surface area (Å²) in [5.74, 6) is -0.117. The largest absolute Gasteiger partial charge is 0.384 e. The Labute approximate surface area is 170 Å². The van der Waals surface area contributed by atoms with E-state index in [1.807, 2.05) is 49.2 Å². The molecule has 0 radical (unpaired) electrons. The van der Waals surface area contributed by atoms with Crippen molar-refractivity contribution in [3.63, 3.8) is 0 Å². The van der Waals surface area contributed by atoms with Gasteiger partial charge >= 0.3 is 0 Å². The Bertz CT molecular complexity index is 1030. The molecule has 0 aliphatic carbocycles. The van der Waals surface area contributed by atoms with E-state index in [0.717, 1.165) is 22.6 Å². The molecule has 0 unspecified atom stereocenters. The van der Waals surface area contributed by atoms with E-state index in [0.29, 0.717) is 19.6 Å². The molecule has 1 aromatic carbocycles. The van der Waals surface area contributed by atoms with Crippen molar-refractivity contribution in [2.45, 2.75) is 31.7 Å². The summed E-state index contributed by atoms with van der Waals surface area (Å²) in [5, 5.41) is 7.76. The number of hydrogen-bond donors (Lipinski definition) is 0. The summed E-state index contributed by atoms with van der Waals surface area (Å²) >= 11 is 0. The molecule has 0 aliphatic rings. The molecule has 0 N–H and O–H groups in total. The van der Waals surface area contributed by atoms with Gasteiger partial charge in [0.25, 0.3) is 0 Å².